The van der Waals surface area contributed by atoms with E-state index in [1.165, 1.54) is 12.8 Å². The molecule has 0 aromatic carbocycles. The Bertz CT molecular complexity index is 702. The molecule has 0 unspecified atom stereocenters. The lowest BCUT2D eigenvalue weighted by Crippen LogP contribution is -2.23. The van der Waals surface area contributed by atoms with E-state index < -0.39 is 0 Å². The van der Waals surface area contributed by atoms with Crippen molar-refractivity contribution in [1.82, 2.24) is 14.9 Å². The molecule has 5 heteroatoms. The quantitative estimate of drug-likeness (QED) is 0.923. The third-order valence-electron chi connectivity index (χ3n) is 4.17. The number of hydrogen-bond acceptors (Lipinski definition) is 3. The number of rotatable bonds is 5. The van der Waals surface area contributed by atoms with Crippen LogP contribution in [0.25, 0.3) is 0 Å². The lowest BCUT2D eigenvalue weighted by molar-refractivity contribution is 0.0950. The lowest BCUT2D eigenvalue weighted by atomic mass is 10.2. The van der Waals surface area contributed by atoms with Crippen LogP contribution in [-0.4, -0.2) is 22.6 Å². The number of methoxy groups -OCH3 is 1. The molecule has 0 saturated heterocycles. The molecule has 1 amide bonds. The first kappa shape index (κ1) is 14.6. The second kappa shape index (κ2) is 5.83. The van der Waals surface area contributed by atoms with Crippen LogP contribution in [0.1, 0.15) is 46.2 Å². The van der Waals surface area contributed by atoms with Crippen molar-refractivity contribution in [1.29, 1.82) is 0 Å². The molecule has 3 rings (SSSR count). The van der Waals surface area contributed by atoms with Crippen molar-refractivity contribution in [3.05, 3.63) is 47.0 Å². The summed E-state index contributed by atoms with van der Waals surface area (Å²) in [6.45, 7) is 4.51. The second-order valence-corrected chi connectivity index (χ2v) is 5.76. The van der Waals surface area contributed by atoms with Crippen molar-refractivity contribution < 1.29 is 9.53 Å². The van der Waals surface area contributed by atoms with Crippen molar-refractivity contribution in [3.8, 4) is 5.75 Å². The highest BCUT2D eigenvalue weighted by Gasteiger charge is 2.28. The Morgan fingerprint density at radius 2 is 2.23 bits per heavy atom. The molecule has 0 atom stereocenters. The third kappa shape index (κ3) is 2.71. The van der Waals surface area contributed by atoms with E-state index in [2.05, 4.69) is 21.8 Å². The molecule has 5 nitrogen and oxygen atoms in total. The zero-order valence-electron chi connectivity index (χ0n) is 13.2. The summed E-state index contributed by atoms with van der Waals surface area (Å²) < 4.78 is 7.53. The molecule has 1 aliphatic carbocycles. The molecule has 0 bridgehead atoms. The molecule has 0 radical (unpaired) electrons. The van der Waals surface area contributed by atoms with Gasteiger partial charge in [-0.15, -0.1) is 0 Å². The maximum absolute atomic E-state index is 12.5. The molecule has 1 aliphatic rings. The number of aryl methyl sites for hydroxylation is 1. The number of nitrogens with zero attached hydrogens (tertiary/aromatic N) is 2. The number of carbonyl (C=O) groups excluding carboxylic acids is 1. The zero-order valence-corrected chi connectivity index (χ0v) is 13.2. The van der Waals surface area contributed by atoms with Gasteiger partial charge >= 0.3 is 0 Å². The summed E-state index contributed by atoms with van der Waals surface area (Å²) in [4.78, 5) is 16.5. The van der Waals surface area contributed by atoms with Crippen LogP contribution in [0.2, 0.25) is 0 Å². The van der Waals surface area contributed by atoms with E-state index in [-0.39, 0.29) is 5.91 Å². The Labute approximate surface area is 130 Å². The minimum Gasteiger partial charge on any atom is -0.495 e. The van der Waals surface area contributed by atoms with E-state index in [1.54, 1.807) is 19.5 Å². The van der Waals surface area contributed by atoms with Gasteiger partial charge in [-0.3, -0.25) is 9.78 Å². The van der Waals surface area contributed by atoms with Crippen LogP contribution >= 0.6 is 0 Å². The minimum atomic E-state index is -0.0427. The van der Waals surface area contributed by atoms with Gasteiger partial charge in [-0.25, -0.2) is 0 Å². The highest BCUT2D eigenvalue weighted by molar-refractivity contribution is 5.95. The van der Waals surface area contributed by atoms with Gasteiger partial charge in [-0.1, -0.05) is 0 Å². The molecule has 1 saturated carbocycles. The summed E-state index contributed by atoms with van der Waals surface area (Å²) in [6.07, 6.45) is 5.78. The van der Waals surface area contributed by atoms with E-state index >= 15 is 0 Å². The Hall–Kier alpha value is -2.30. The molecule has 22 heavy (non-hydrogen) atoms. The van der Waals surface area contributed by atoms with Crippen LogP contribution in [0.3, 0.4) is 0 Å². The first-order valence-electron chi connectivity index (χ1n) is 7.55. The van der Waals surface area contributed by atoms with Gasteiger partial charge in [0.1, 0.15) is 5.75 Å². The van der Waals surface area contributed by atoms with Crippen molar-refractivity contribution >= 4 is 5.91 Å². The Balaban J connectivity index is 1.74. The molecule has 2 aromatic heterocycles. The molecule has 0 aliphatic heterocycles. The van der Waals surface area contributed by atoms with Crippen molar-refractivity contribution in [2.24, 2.45) is 0 Å². The molecular formula is C17H21N3O2. The average Bonchev–Trinajstić information content (AvgIpc) is 3.30. The van der Waals surface area contributed by atoms with Crippen molar-refractivity contribution in [3.63, 3.8) is 0 Å². The zero-order chi connectivity index (χ0) is 15.7. The second-order valence-electron chi connectivity index (χ2n) is 5.76. The van der Waals surface area contributed by atoms with Gasteiger partial charge in [0.25, 0.3) is 5.91 Å². The molecule has 0 spiro atoms. The van der Waals surface area contributed by atoms with Crippen LogP contribution in [0, 0.1) is 13.8 Å². The maximum atomic E-state index is 12.5. The molecule has 1 N–H and O–H groups in total. The van der Waals surface area contributed by atoms with E-state index in [4.69, 9.17) is 4.74 Å². The van der Waals surface area contributed by atoms with Crippen LogP contribution in [-0.2, 0) is 6.54 Å². The molecule has 116 valence electrons. The fourth-order valence-corrected chi connectivity index (χ4v) is 2.91. The van der Waals surface area contributed by atoms with E-state index in [0.717, 1.165) is 22.5 Å². The maximum Gasteiger partial charge on any atom is 0.253 e. The minimum absolute atomic E-state index is 0.0427. The number of nitrogens with one attached hydrogen (secondary N) is 1. The number of ether oxygens (including phenoxy) is 1. The summed E-state index contributed by atoms with van der Waals surface area (Å²) in [5, 5.41) is 2.97. The van der Waals surface area contributed by atoms with Crippen molar-refractivity contribution in [2.45, 2.75) is 39.3 Å². The Morgan fingerprint density at radius 3 is 2.91 bits per heavy atom. The average molecular weight is 299 g/mol. The van der Waals surface area contributed by atoms with E-state index in [0.29, 0.717) is 18.3 Å². The predicted molar refractivity (Wildman–Crippen MR) is 84.1 cm³/mol. The van der Waals surface area contributed by atoms with Gasteiger partial charge in [-0.2, -0.15) is 0 Å². The summed E-state index contributed by atoms with van der Waals surface area (Å²) in [6, 6.07) is 4.42. The van der Waals surface area contributed by atoms with Gasteiger partial charge < -0.3 is 14.6 Å². The Morgan fingerprint density at radius 1 is 1.45 bits per heavy atom. The summed E-state index contributed by atoms with van der Waals surface area (Å²) in [5.74, 6) is 0.644. The molecule has 2 aromatic rings. The van der Waals surface area contributed by atoms with Crippen LogP contribution in [0.5, 0.6) is 5.75 Å². The van der Waals surface area contributed by atoms with Gasteiger partial charge in [0, 0.05) is 35.7 Å². The van der Waals surface area contributed by atoms with Crippen LogP contribution in [0.4, 0.5) is 0 Å². The van der Waals surface area contributed by atoms with Gasteiger partial charge in [0.2, 0.25) is 0 Å². The van der Waals surface area contributed by atoms with E-state index in [9.17, 15) is 4.79 Å². The highest BCUT2D eigenvalue weighted by atomic mass is 16.5. The number of hydrogen-bond donors (Lipinski definition) is 1. The highest BCUT2D eigenvalue weighted by Crippen LogP contribution is 2.38. The van der Waals surface area contributed by atoms with Gasteiger partial charge in [0.15, 0.2) is 0 Å². The van der Waals surface area contributed by atoms with Gasteiger partial charge in [-0.05, 0) is 38.8 Å². The van der Waals surface area contributed by atoms with E-state index in [1.807, 2.05) is 19.1 Å². The molecule has 1 fully saturated rings. The SMILES string of the molecule is COc1cnccc1CNC(=O)c1cc(C)n(C2CC2)c1C. The number of pyridine rings is 1. The smallest absolute Gasteiger partial charge is 0.253 e. The summed E-state index contributed by atoms with van der Waals surface area (Å²) >= 11 is 0. The standard InChI is InChI=1S/C17H21N3O2/c1-11-8-15(12(2)20(11)14-4-5-14)17(21)19-9-13-6-7-18-10-16(13)22-3/h6-8,10,14H,4-5,9H2,1-3H3,(H,19,21). The fourth-order valence-electron chi connectivity index (χ4n) is 2.91. The first-order valence-corrected chi connectivity index (χ1v) is 7.55. The van der Waals surface area contributed by atoms with Crippen molar-refractivity contribution in [2.75, 3.05) is 7.11 Å². The third-order valence-corrected chi connectivity index (χ3v) is 4.17. The topological polar surface area (TPSA) is 56.1 Å². The molecule has 2 heterocycles. The van der Waals surface area contributed by atoms with Crippen LogP contribution in [0.15, 0.2) is 24.5 Å². The first-order chi connectivity index (χ1) is 10.6. The number of carbonyl (C=O) groups is 1. The monoisotopic (exact) mass is 299 g/mol. The number of aromatic nitrogens is 2. The Kier molecular flexibility index (Phi) is 3.88. The normalized spacial score (nSPS) is 14.0. The lowest BCUT2D eigenvalue weighted by Gasteiger charge is -2.10. The summed E-state index contributed by atoms with van der Waals surface area (Å²) in [5.41, 5.74) is 3.89. The van der Waals surface area contributed by atoms with Crippen LogP contribution < -0.4 is 10.1 Å². The fraction of sp³-hybridized carbons (Fsp3) is 0.412. The largest absolute Gasteiger partial charge is 0.495 e. The summed E-state index contributed by atoms with van der Waals surface area (Å²) in [7, 11) is 1.60. The van der Waals surface area contributed by atoms with Gasteiger partial charge in [0.05, 0.1) is 18.9 Å². The number of amides is 1. The predicted octanol–water partition coefficient (Wildman–Crippen LogP) is 2.77. The molecular weight excluding hydrogens is 278 g/mol.